The van der Waals surface area contributed by atoms with E-state index in [0.29, 0.717) is 0 Å². The molecule has 0 aliphatic heterocycles. The van der Waals surface area contributed by atoms with Crippen molar-refractivity contribution in [1.82, 2.24) is 0 Å². The Morgan fingerprint density at radius 2 is 1.65 bits per heavy atom. The highest BCUT2D eigenvalue weighted by Gasteiger charge is 2.19. The molecule has 1 unspecified atom stereocenters. The summed E-state index contributed by atoms with van der Waals surface area (Å²) in [4.78, 5) is 22.8. The molecule has 6 nitrogen and oxygen atoms in total. The van der Waals surface area contributed by atoms with Crippen molar-refractivity contribution >= 4 is 23.0 Å². The molecule has 0 aliphatic rings. The summed E-state index contributed by atoms with van der Waals surface area (Å²) in [6.45, 7) is 0. The first kappa shape index (κ1) is 13.3. The highest BCUT2D eigenvalue weighted by molar-refractivity contribution is 7.79. The second-order valence-corrected chi connectivity index (χ2v) is 3.91. The molecule has 0 fully saturated rings. The number of esters is 2. The number of benzene rings is 1. The minimum Gasteiger partial charge on any atom is -0.465 e. The van der Waals surface area contributed by atoms with Crippen molar-refractivity contribution in [3.8, 4) is 0 Å². The monoisotopic (exact) mass is 258 g/mol. The van der Waals surface area contributed by atoms with E-state index in [0.717, 1.165) is 13.2 Å². The van der Waals surface area contributed by atoms with Gasteiger partial charge in [-0.1, -0.05) is 0 Å². The molecule has 7 heteroatoms. The second kappa shape index (κ2) is 5.55. The van der Waals surface area contributed by atoms with Gasteiger partial charge in [-0.15, -0.1) is 0 Å². The van der Waals surface area contributed by atoms with Gasteiger partial charge >= 0.3 is 11.9 Å². The van der Waals surface area contributed by atoms with Crippen molar-refractivity contribution < 1.29 is 27.8 Å². The fourth-order valence-electron chi connectivity index (χ4n) is 1.20. The minimum atomic E-state index is -2.24. The Morgan fingerprint density at radius 1 is 1.12 bits per heavy atom. The summed E-state index contributed by atoms with van der Waals surface area (Å²) in [5.41, 5.74) is -0.132. The number of carbonyl (C=O) groups excluding carboxylic acids is 2. The third kappa shape index (κ3) is 2.89. The lowest BCUT2D eigenvalue weighted by Crippen LogP contribution is -2.12. The molecule has 0 aromatic heterocycles. The quantitative estimate of drug-likeness (QED) is 0.638. The zero-order valence-electron chi connectivity index (χ0n) is 9.13. The first-order valence-electron chi connectivity index (χ1n) is 4.42. The lowest BCUT2D eigenvalue weighted by Gasteiger charge is -2.07. The van der Waals surface area contributed by atoms with E-state index in [1.807, 2.05) is 0 Å². The molecule has 0 aliphatic carbocycles. The lowest BCUT2D eigenvalue weighted by atomic mass is 10.1. The molecule has 1 atom stereocenters. The van der Waals surface area contributed by atoms with E-state index in [9.17, 15) is 13.8 Å². The maximum atomic E-state index is 11.4. The van der Waals surface area contributed by atoms with Crippen LogP contribution < -0.4 is 0 Å². The van der Waals surface area contributed by atoms with Gasteiger partial charge in [-0.3, -0.25) is 0 Å². The maximum absolute atomic E-state index is 11.4. The van der Waals surface area contributed by atoms with Gasteiger partial charge in [-0.05, 0) is 18.2 Å². The first-order valence-corrected chi connectivity index (χ1v) is 5.53. The van der Waals surface area contributed by atoms with Crippen LogP contribution in [0.25, 0.3) is 0 Å². The molecule has 1 rings (SSSR count). The third-order valence-corrected chi connectivity index (χ3v) is 2.66. The summed E-state index contributed by atoms with van der Waals surface area (Å²) in [6.07, 6.45) is 0. The Labute approximate surface area is 99.8 Å². The van der Waals surface area contributed by atoms with E-state index in [-0.39, 0.29) is 16.0 Å². The molecule has 0 saturated heterocycles. The summed E-state index contributed by atoms with van der Waals surface area (Å²) in [6, 6.07) is 3.62. The van der Waals surface area contributed by atoms with Crippen molar-refractivity contribution in [2.24, 2.45) is 0 Å². The van der Waals surface area contributed by atoms with Gasteiger partial charge in [-0.2, -0.15) is 0 Å². The Bertz CT molecular complexity index is 482. The van der Waals surface area contributed by atoms with E-state index in [1.165, 1.54) is 19.2 Å². The largest absolute Gasteiger partial charge is 0.465 e. The smallest absolute Gasteiger partial charge is 0.338 e. The molecule has 1 N–H and O–H groups in total. The molecule has 1 aromatic rings. The highest BCUT2D eigenvalue weighted by atomic mass is 32.2. The predicted molar refractivity (Wildman–Crippen MR) is 58.2 cm³/mol. The van der Waals surface area contributed by atoms with Gasteiger partial charge in [0.15, 0.2) is 11.1 Å². The third-order valence-electron chi connectivity index (χ3n) is 2.00. The minimum absolute atomic E-state index is 0.00180. The topological polar surface area (TPSA) is 89.9 Å². The molecule has 0 saturated carbocycles. The van der Waals surface area contributed by atoms with Gasteiger partial charge in [-0.25, -0.2) is 13.8 Å². The molecular formula is C10H10O6S. The lowest BCUT2D eigenvalue weighted by molar-refractivity contribution is 0.0555. The number of rotatable bonds is 3. The summed E-state index contributed by atoms with van der Waals surface area (Å²) < 4.78 is 28.7. The fraction of sp³-hybridized carbons (Fsp3) is 0.200. The van der Waals surface area contributed by atoms with Crippen LogP contribution >= 0.6 is 0 Å². The average molecular weight is 258 g/mol. The van der Waals surface area contributed by atoms with Gasteiger partial charge in [0.1, 0.15) is 0 Å². The van der Waals surface area contributed by atoms with Crippen LogP contribution in [-0.2, 0) is 20.6 Å². The molecule has 17 heavy (non-hydrogen) atoms. The van der Waals surface area contributed by atoms with Gasteiger partial charge in [0.2, 0.25) is 0 Å². The molecule has 0 bridgehead atoms. The molecule has 0 heterocycles. The molecule has 1 aromatic carbocycles. The maximum Gasteiger partial charge on any atom is 0.338 e. The second-order valence-electron chi connectivity index (χ2n) is 2.94. The molecule has 92 valence electrons. The summed E-state index contributed by atoms with van der Waals surface area (Å²) in [5, 5.41) is 0. The Morgan fingerprint density at radius 3 is 2.12 bits per heavy atom. The van der Waals surface area contributed by atoms with Crippen LogP contribution in [0.5, 0.6) is 0 Å². The van der Waals surface area contributed by atoms with Crippen LogP contribution in [0.1, 0.15) is 20.7 Å². The Balaban J connectivity index is 3.36. The normalized spacial score (nSPS) is 11.7. The number of ether oxygens (including phenoxy) is 2. The van der Waals surface area contributed by atoms with Gasteiger partial charge in [0.05, 0.1) is 30.2 Å². The number of carbonyl (C=O) groups is 2. The fourth-order valence-corrected chi connectivity index (χ4v) is 1.60. The average Bonchev–Trinajstić information content (AvgIpc) is 2.35. The zero-order valence-corrected chi connectivity index (χ0v) is 9.95. The molecule has 0 spiro atoms. The van der Waals surface area contributed by atoms with Crippen molar-refractivity contribution in [3.63, 3.8) is 0 Å². The van der Waals surface area contributed by atoms with Crippen molar-refractivity contribution in [1.29, 1.82) is 0 Å². The number of hydrogen-bond acceptors (Lipinski definition) is 5. The SMILES string of the molecule is COC(=O)c1ccc(S(=O)O)cc1C(=O)OC. The zero-order chi connectivity index (χ0) is 13.0. The van der Waals surface area contributed by atoms with E-state index < -0.39 is 23.0 Å². The van der Waals surface area contributed by atoms with Crippen molar-refractivity contribution in [2.45, 2.75) is 4.90 Å². The van der Waals surface area contributed by atoms with Crippen molar-refractivity contribution in [2.75, 3.05) is 14.2 Å². The van der Waals surface area contributed by atoms with E-state index in [4.69, 9.17) is 4.55 Å². The van der Waals surface area contributed by atoms with E-state index in [1.54, 1.807) is 0 Å². The molecule has 0 amide bonds. The van der Waals surface area contributed by atoms with E-state index in [2.05, 4.69) is 9.47 Å². The van der Waals surface area contributed by atoms with Crippen LogP contribution in [0.3, 0.4) is 0 Å². The Kier molecular flexibility index (Phi) is 4.36. The van der Waals surface area contributed by atoms with Crippen molar-refractivity contribution in [3.05, 3.63) is 29.3 Å². The van der Waals surface area contributed by atoms with Crippen LogP contribution in [0, 0.1) is 0 Å². The van der Waals surface area contributed by atoms with Crippen LogP contribution in [-0.4, -0.2) is 34.9 Å². The predicted octanol–water partition coefficient (Wildman–Crippen LogP) is 0.840. The first-order chi connectivity index (χ1) is 8.01. The standard InChI is InChI=1S/C10H10O6S/c1-15-9(11)7-4-3-6(17(13)14)5-8(7)10(12)16-2/h3-5H,1-2H3,(H,13,14). The van der Waals surface area contributed by atoms with Crippen LogP contribution in [0.2, 0.25) is 0 Å². The molecular weight excluding hydrogens is 248 g/mol. The van der Waals surface area contributed by atoms with Crippen LogP contribution in [0.4, 0.5) is 0 Å². The van der Waals surface area contributed by atoms with E-state index >= 15 is 0 Å². The molecule has 0 radical (unpaired) electrons. The van der Waals surface area contributed by atoms with Gasteiger partial charge < -0.3 is 14.0 Å². The summed E-state index contributed by atoms with van der Waals surface area (Å²) >= 11 is -2.24. The number of hydrogen-bond donors (Lipinski definition) is 1. The highest BCUT2D eigenvalue weighted by Crippen LogP contribution is 2.16. The Hall–Kier alpha value is -1.73. The summed E-state index contributed by atoms with van der Waals surface area (Å²) in [5.74, 6) is -1.50. The van der Waals surface area contributed by atoms with Gasteiger partial charge in [0, 0.05) is 0 Å². The van der Waals surface area contributed by atoms with Gasteiger partial charge in [0.25, 0.3) is 0 Å². The van der Waals surface area contributed by atoms with Crippen LogP contribution in [0.15, 0.2) is 23.1 Å². The summed E-state index contributed by atoms with van der Waals surface area (Å²) in [7, 11) is 2.31. The number of methoxy groups -OCH3 is 2.